The van der Waals surface area contributed by atoms with Crippen molar-refractivity contribution in [2.45, 2.75) is 31.7 Å². The van der Waals surface area contributed by atoms with E-state index in [0.29, 0.717) is 16.8 Å². The number of hydrogen-bond donors (Lipinski definition) is 0. The normalized spacial score (nSPS) is 24.9. The maximum atomic E-state index is 14.1. The highest BCUT2D eigenvalue weighted by Gasteiger charge is 2.27. The third-order valence-electron chi connectivity index (χ3n) is 4.30. The van der Waals surface area contributed by atoms with Crippen molar-refractivity contribution in [2.24, 2.45) is 0 Å². The summed E-state index contributed by atoms with van der Waals surface area (Å²) in [6.45, 7) is 4.24. The number of rotatable bonds is 1. The van der Waals surface area contributed by atoms with Crippen LogP contribution in [0, 0.1) is 5.82 Å². The molecule has 1 atom stereocenters. The molecule has 2 fully saturated rings. The Morgan fingerprint density at radius 1 is 1.11 bits per heavy atom. The third kappa shape index (κ3) is 2.87. The number of anilines is 1. The Hall–Kier alpha value is -0.800. The summed E-state index contributed by atoms with van der Waals surface area (Å²) in [6, 6.07) is 5.60. The molecular formula is C15H20ClFN2. The molecule has 0 bridgehead atoms. The summed E-state index contributed by atoms with van der Waals surface area (Å²) in [7, 11) is 0. The molecule has 0 amide bonds. The van der Waals surface area contributed by atoms with Crippen LogP contribution >= 0.6 is 11.6 Å². The van der Waals surface area contributed by atoms with Crippen molar-refractivity contribution in [1.82, 2.24) is 4.90 Å². The average molecular weight is 283 g/mol. The van der Waals surface area contributed by atoms with E-state index in [1.54, 1.807) is 6.07 Å². The molecule has 2 heterocycles. The van der Waals surface area contributed by atoms with Crippen LogP contribution in [0.5, 0.6) is 0 Å². The molecule has 2 aliphatic rings. The quantitative estimate of drug-likeness (QED) is 0.777. The zero-order valence-corrected chi connectivity index (χ0v) is 11.9. The van der Waals surface area contributed by atoms with Crippen molar-refractivity contribution in [3.63, 3.8) is 0 Å². The van der Waals surface area contributed by atoms with Crippen molar-refractivity contribution in [1.29, 1.82) is 0 Å². The highest BCUT2D eigenvalue weighted by Crippen LogP contribution is 2.27. The number of fused-ring (bicyclic) bond motifs is 1. The minimum Gasteiger partial charge on any atom is -0.368 e. The van der Waals surface area contributed by atoms with Crippen molar-refractivity contribution >= 4 is 17.3 Å². The van der Waals surface area contributed by atoms with Gasteiger partial charge in [-0.3, -0.25) is 4.90 Å². The topological polar surface area (TPSA) is 6.48 Å². The fourth-order valence-corrected chi connectivity index (χ4v) is 3.49. The molecule has 0 aromatic heterocycles. The van der Waals surface area contributed by atoms with Gasteiger partial charge in [-0.1, -0.05) is 18.0 Å². The Morgan fingerprint density at radius 3 is 2.79 bits per heavy atom. The zero-order chi connectivity index (χ0) is 13.2. The van der Waals surface area contributed by atoms with Crippen LogP contribution in [0.2, 0.25) is 5.02 Å². The molecule has 2 nitrogen and oxygen atoms in total. The van der Waals surface area contributed by atoms with Crippen LogP contribution in [0.3, 0.4) is 0 Å². The average Bonchev–Trinajstić information content (AvgIpc) is 2.60. The van der Waals surface area contributed by atoms with Crippen LogP contribution in [-0.4, -0.2) is 37.1 Å². The number of benzene rings is 1. The molecule has 0 aliphatic carbocycles. The Morgan fingerprint density at radius 2 is 1.95 bits per heavy atom. The van der Waals surface area contributed by atoms with E-state index in [4.69, 9.17) is 11.6 Å². The summed E-state index contributed by atoms with van der Waals surface area (Å²) < 4.78 is 14.1. The van der Waals surface area contributed by atoms with E-state index < -0.39 is 0 Å². The van der Waals surface area contributed by atoms with Crippen molar-refractivity contribution in [3.8, 4) is 0 Å². The van der Waals surface area contributed by atoms with Gasteiger partial charge >= 0.3 is 0 Å². The zero-order valence-electron chi connectivity index (χ0n) is 11.1. The molecule has 0 saturated carbocycles. The first-order valence-electron chi connectivity index (χ1n) is 7.18. The van der Waals surface area contributed by atoms with Crippen molar-refractivity contribution in [2.75, 3.05) is 31.1 Å². The molecule has 1 aromatic carbocycles. The van der Waals surface area contributed by atoms with Crippen LogP contribution in [0.1, 0.15) is 25.7 Å². The Kier molecular flexibility index (Phi) is 3.94. The monoisotopic (exact) mass is 282 g/mol. The molecule has 2 saturated heterocycles. The summed E-state index contributed by atoms with van der Waals surface area (Å²) in [5, 5.41) is 0.468. The molecule has 1 unspecified atom stereocenters. The van der Waals surface area contributed by atoms with Crippen LogP contribution in [0.4, 0.5) is 10.1 Å². The van der Waals surface area contributed by atoms with Crippen LogP contribution in [0.25, 0.3) is 0 Å². The fraction of sp³-hybridized carbons (Fsp3) is 0.600. The minimum atomic E-state index is -0.197. The minimum absolute atomic E-state index is 0.197. The maximum Gasteiger partial charge on any atom is 0.147 e. The Bertz CT molecular complexity index is 452. The number of halogens is 2. The predicted octanol–water partition coefficient (Wildman–Crippen LogP) is 3.54. The second-order valence-electron chi connectivity index (χ2n) is 5.58. The van der Waals surface area contributed by atoms with Crippen molar-refractivity contribution < 1.29 is 4.39 Å². The van der Waals surface area contributed by atoms with Gasteiger partial charge in [-0.25, -0.2) is 4.39 Å². The van der Waals surface area contributed by atoms with Gasteiger partial charge in [0.15, 0.2) is 0 Å². The first-order valence-corrected chi connectivity index (χ1v) is 7.56. The van der Waals surface area contributed by atoms with E-state index in [9.17, 15) is 4.39 Å². The van der Waals surface area contributed by atoms with Gasteiger partial charge in [-0.15, -0.1) is 0 Å². The van der Waals surface area contributed by atoms with E-state index >= 15 is 0 Å². The van der Waals surface area contributed by atoms with Crippen LogP contribution in [0.15, 0.2) is 18.2 Å². The number of piperidine rings is 1. The van der Waals surface area contributed by atoms with Gasteiger partial charge in [0.2, 0.25) is 0 Å². The van der Waals surface area contributed by atoms with E-state index in [2.05, 4.69) is 9.80 Å². The smallest absolute Gasteiger partial charge is 0.147 e. The lowest BCUT2D eigenvalue weighted by Gasteiger charge is -2.35. The third-order valence-corrected chi connectivity index (χ3v) is 4.54. The van der Waals surface area contributed by atoms with E-state index in [-0.39, 0.29) is 5.82 Å². The number of hydrogen-bond acceptors (Lipinski definition) is 2. The van der Waals surface area contributed by atoms with Gasteiger partial charge in [-0.05, 0) is 44.0 Å². The van der Waals surface area contributed by atoms with Crippen molar-refractivity contribution in [3.05, 3.63) is 29.0 Å². The molecule has 0 spiro atoms. The summed E-state index contributed by atoms with van der Waals surface area (Å²) in [6.07, 6.45) is 4.97. The van der Waals surface area contributed by atoms with E-state index in [1.807, 2.05) is 6.07 Å². The maximum absolute atomic E-state index is 14.1. The molecule has 0 radical (unpaired) electrons. The highest BCUT2D eigenvalue weighted by molar-refractivity contribution is 6.30. The SMILES string of the molecule is Fc1cc(Cl)ccc1N1CCCN2CCCCC2C1. The lowest BCUT2D eigenvalue weighted by atomic mass is 10.0. The lowest BCUT2D eigenvalue weighted by Crippen LogP contribution is -2.44. The van der Waals surface area contributed by atoms with Gasteiger partial charge < -0.3 is 4.90 Å². The molecule has 19 heavy (non-hydrogen) atoms. The predicted molar refractivity (Wildman–Crippen MR) is 77.5 cm³/mol. The van der Waals surface area contributed by atoms with Gasteiger partial charge in [0, 0.05) is 30.7 Å². The first kappa shape index (κ1) is 13.2. The molecule has 0 N–H and O–H groups in total. The lowest BCUT2D eigenvalue weighted by molar-refractivity contribution is 0.162. The first-order chi connectivity index (χ1) is 9.24. The highest BCUT2D eigenvalue weighted by atomic mass is 35.5. The van der Waals surface area contributed by atoms with Gasteiger partial charge in [-0.2, -0.15) is 0 Å². The molecule has 3 rings (SSSR count). The summed E-state index contributed by atoms with van der Waals surface area (Å²) in [5.74, 6) is -0.197. The fourth-order valence-electron chi connectivity index (χ4n) is 3.33. The standard InChI is InChI=1S/C15H20ClFN2/c16-12-5-6-15(14(17)10-12)19-9-3-8-18-7-2-1-4-13(18)11-19/h5-6,10,13H,1-4,7-9,11H2. The van der Waals surface area contributed by atoms with Gasteiger partial charge in [0.05, 0.1) is 5.69 Å². The molecule has 4 heteroatoms. The second-order valence-corrected chi connectivity index (χ2v) is 6.02. The summed E-state index contributed by atoms with van der Waals surface area (Å²) in [5.41, 5.74) is 0.705. The largest absolute Gasteiger partial charge is 0.368 e. The second kappa shape index (κ2) is 5.68. The summed E-state index contributed by atoms with van der Waals surface area (Å²) in [4.78, 5) is 4.78. The van der Waals surface area contributed by atoms with E-state index in [0.717, 1.165) is 26.1 Å². The van der Waals surface area contributed by atoms with Crippen LogP contribution < -0.4 is 4.90 Å². The Balaban J connectivity index is 1.80. The molecule has 2 aliphatic heterocycles. The molecule has 104 valence electrons. The Labute approximate surface area is 119 Å². The summed E-state index contributed by atoms with van der Waals surface area (Å²) >= 11 is 5.83. The van der Waals surface area contributed by atoms with Crippen LogP contribution in [-0.2, 0) is 0 Å². The number of nitrogens with zero attached hydrogens (tertiary/aromatic N) is 2. The van der Waals surface area contributed by atoms with Gasteiger partial charge in [0.1, 0.15) is 5.82 Å². The van der Waals surface area contributed by atoms with Gasteiger partial charge in [0.25, 0.3) is 0 Å². The van der Waals surface area contributed by atoms with E-state index in [1.165, 1.54) is 31.9 Å². The molecular weight excluding hydrogens is 263 g/mol. The molecule has 1 aromatic rings.